The first kappa shape index (κ1) is 12.5. The Morgan fingerprint density at radius 3 is 3.00 bits per heavy atom. The number of benzene rings is 1. The molecule has 1 saturated heterocycles. The van der Waals surface area contributed by atoms with E-state index in [2.05, 4.69) is 10.6 Å². The molecule has 1 heterocycles. The molecule has 1 unspecified atom stereocenters. The second-order valence-corrected chi connectivity index (χ2v) is 4.95. The first-order valence-electron chi connectivity index (χ1n) is 5.99. The Balaban J connectivity index is 2.05. The Morgan fingerprint density at radius 2 is 2.35 bits per heavy atom. The van der Waals surface area contributed by atoms with E-state index in [-0.39, 0.29) is 0 Å². The van der Waals surface area contributed by atoms with Crippen LogP contribution in [0.4, 0.5) is 5.69 Å². The van der Waals surface area contributed by atoms with E-state index in [1.807, 2.05) is 19.1 Å². The summed E-state index contributed by atoms with van der Waals surface area (Å²) in [5.41, 5.74) is 2.02. The van der Waals surface area contributed by atoms with Crippen LogP contribution in [0.5, 0.6) is 5.75 Å². The lowest BCUT2D eigenvalue weighted by Gasteiger charge is -2.15. The average Bonchev–Trinajstić information content (AvgIpc) is 2.83. The third-order valence-electron chi connectivity index (χ3n) is 3.22. The molecule has 17 heavy (non-hydrogen) atoms. The second kappa shape index (κ2) is 5.61. The number of ether oxygens (including phenoxy) is 1. The molecule has 0 aliphatic carbocycles. The molecule has 0 spiro atoms. The minimum absolute atomic E-state index is 0.694. The van der Waals surface area contributed by atoms with Gasteiger partial charge in [0, 0.05) is 11.6 Å². The Hall–Kier alpha value is -0.930. The van der Waals surface area contributed by atoms with Gasteiger partial charge in [-0.15, -0.1) is 0 Å². The van der Waals surface area contributed by atoms with Gasteiger partial charge in [-0.2, -0.15) is 0 Å². The number of aryl methyl sites for hydroxylation is 1. The van der Waals surface area contributed by atoms with Gasteiger partial charge in [0.2, 0.25) is 0 Å². The summed E-state index contributed by atoms with van der Waals surface area (Å²) in [4.78, 5) is 0. The minimum Gasteiger partial charge on any atom is -0.495 e. The van der Waals surface area contributed by atoms with Crippen molar-refractivity contribution < 1.29 is 4.74 Å². The van der Waals surface area contributed by atoms with Gasteiger partial charge in [-0.3, -0.25) is 0 Å². The highest BCUT2D eigenvalue weighted by Gasteiger charge is 2.15. The maximum Gasteiger partial charge on any atom is 0.142 e. The fourth-order valence-corrected chi connectivity index (χ4v) is 2.27. The monoisotopic (exact) mass is 254 g/mol. The van der Waals surface area contributed by atoms with E-state index in [4.69, 9.17) is 16.3 Å². The zero-order valence-corrected chi connectivity index (χ0v) is 11.1. The Morgan fingerprint density at radius 1 is 1.53 bits per heavy atom. The third-order valence-corrected chi connectivity index (χ3v) is 3.63. The molecule has 0 radical (unpaired) electrons. The predicted molar refractivity (Wildman–Crippen MR) is 72.2 cm³/mol. The van der Waals surface area contributed by atoms with Crippen LogP contribution in [-0.4, -0.2) is 26.7 Å². The van der Waals surface area contributed by atoms with Crippen LogP contribution < -0.4 is 15.4 Å². The summed E-state index contributed by atoms with van der Waals surface area (Å²) in [5, 5.41) is 7.56. The fraction of sp³-hybridized carbons (Fsp3) is 0.538. The number of anilines is 1. The Labute approximate surface area is 107 Å². The molecule has 1 aromatic rings. The molecule has 1 aliphatic rings. The summed E-state index contributed by atoms with van der Waals surface area (Å²) in [6.45, 7) is 5.16. The molecular weight excluding hydrogens is 236 g/mol. The molecule has 2 N–H and O–H groups in total. The van der Waals surface area contributed by atoms with Crippen molar-refractivity contribution in [3.63, 3.8) is 0 Å². The van der Waals surface area contributed by atoms with Crippen LogP contribution in [0.1, 0.15) is 12.0 Å². The topological polar surface area (TPSA) is 33.3 Å². The van der Waals surface area contributed by atoms with Crippen LogP contribution in [0.15, 0.2) is 12.1 Å². The fourth-order valence-electron chi connectivity index (χ4n) is 2.11. The average molecular weight is 255 g/mol. The number of halogens is 1. The van der Waals surface area contributed by atoms with Gasteiger partial charge in [-0.25, -0.2) is 0 Å². The van der Waals surface area contributed by atoms with Crippen molar-refractivity contribution >= 4 is 17.3 Å². The number of hydrogen-bond acceptors (Lipinski definition) is 3. The number of hydrogen-bond donors (Lipinski definition) is 2. The van der Waals surface area contributed by atoms with E-state index < -0.39 is 0 Å². The third kappa shape index (κ3) is 3.05. The Kier molecular flexibility index (Phi) is 4.13. The largest absolute Gasteiger partial charge is 0.495 e. The van der Waals surface area contributed by atoms with Crippen LogP contribution >= 0.6 is 11.6 Å². The Bertz CT molecular complexity index is 389. The van der Waals surface area contributed by atoms with Gasteiger partial charge in [0.1, 0.15) is 5.75 Å². The van der Waals surface area contributed by atoms with Crippen molar-refractivity contribution in [2.24, 2.45) is 5.92 Å². The second-order valence-electron chi connectivity index (χ2n) is 4.54. The summed E-state index contributed by atoms with van der Waals surface area (Å²) in [7, 11) is 1.69. The highest BCUT2D eigenvalue weighted by molar-refractivity contribution is 6.31. The molecule has 1 atom stereocenters. The van der Waals surface area contributed by atoms with Crippen LogP contribution in [0, 0.1) is 12.8 Å². The van der Waals surface area contributed by atoms with E-state index in [9.17, 15) is 0 Å². The van der Waals surface area contributed by atoms with Gasteiger partial charge in [0.25, 0.3) is 0 Å². The van der Waals surface area contributed by atoms with Gasteiger partial charge in [0.05, 0.1) is 12.8 Å². The summed E-state index contributed by atoms with van der Waals surface area (Å²) >= 11 is 6.13. The van der Waals surface area contributed by atoms with Crippen molar-refractivity contribution in [2.75, 3.05) is 32.1 Å². The highest BCUT2D eigenvalue weighted by Crippen LogP contribution is 2.31. The van der Waals surface area contributed by atoms with E-state index in [1.54, 1.807) is 7.11 Å². The van der Waals surface area contributed by atoms with Crippen molar-refractivity contribution in [3.8, 4) is 5.75 Å². The maximum absolute atomic E-state index is 6.13. The van der Waals surface area contributed by atoms with Crippen molar-refractivity contribution in [1.29, 1.82) is 0 Å². The zero-order chi connectivity index (χ0) is 12.3. The molecule has 1 aromatic carbocycles. The van der Waals surface area contributed by atoms with E-state index in [0.717, 1.165) is 41.7 Å². The number of nitrogens with one attached hydrogen (secondary N) is 2. The summed E-state index contributed by atoms with van der Waals surface area (Å²) in [5.74, 6) is 1.55. The van der Waals surface area contributed by atoms with E-state index in [0.29, 0.717) is 5.92 Å². The molecule has 4 heteroatoms. The first-order valence-corrected chi connectivity index (χ1v) is 6.37. The van der Waals surface area contributed by atoms with Crippen molar-refractivity contribution in [1.82, 2.24) is 5.32 Å². The molecule has 1 aliphatic heterocycles. The maximum atomic E-state index is 6.13. The van der Waals surface area contributed by atoms with E-state index >= 15 is 0 Å². The lowest BCUT2D eigenvalue weighted by atomic mass is 10.1. The predicted octanol–water partition coefficient (Wildman–Crippen LogP) is 2.68. The molecule has 1 fully saturated rings. The SMILES string of the molecule is COc1cc(C)c(Cl)cc1NCC1CCNC1. The van der Waals surface area contributed by atoms with Crippen LogP contribution in [0.2, 0.25) is 5.02 Å². The summed E-state index contributed by atoms with van der Waals surface area (Å²) in [6, 6.07) is 3.91. The normalized spacial score (nSPS) is 19.4. The molecule has 3 nitrogen and oxygen atoms in total. The van der Waals surface area contributed by atoms with Crippen LogP contribution in [-0.2, 0) is 0 Å². The molecule has 0 amide bonds. The molecule has 0 saturated carbocycles. The highest BCUT2D eigenvalue weighted by atomic mass is 35.5. The molecular formula is C13H19ClN2O. The van der Waals surface area contributed by atoms with Crippen LogP contribution in [0.3, 0.4) is 0 Å². The van der Waals surface area contributed by atoms with E-state index in [1.165, 1.54) is 6.42 Å². The van der Waals surface area contributed by atoms with Crippen molar-refractivity contribution in [2.45, 2.75) is 13.3 Å². The van der Waals surface area contributed by atoms with Gasteiger partial charge >= 0.3 is 0 Å². The first-order chi connectivity index (χ1) is 8.20. The number of rotatable bonds is 4. The standard InChI is InChI=1S/C13H19ClN2O/c1-9-5-13(17-2)12(6-11(9)14)16-8-10-3-4-15-7-10/h5-6,10,15-16H,3-4,7-8H2,1-2H3. The molecule has 0 bridgehead atoms. The molecule has 0 aromatic heterocycles. The summed E-state index contributed by atoms with van der Waals surface area (Å²) in [6.07, 6.45) is 1.23. The lowest BCUT2D eigenvalue weighted by molar-refractivity contribution is 0.416. The van der Waals surface area contributed by atoms with Crippen LogP contribution in [0.25, 0.3) is 0 Å². The van der Waals surface area contributed by atoms with Gasteiger partial charge < -0.3 is 15.4 Å². The van der Waals surface area contributed by atoms with Gasteiger partial charge in [-0.05, 0) is 50.0 Å². The molecule has 2 rings (SSSR count). The van der Waals surface area contributed by atoms with Gasteiger partial charge in [-0.1, -0.05) is 11.6 Å². The zero-order valence-electron chi connectivity index (χ0n) is 10.3. The lowest BCUT2D eigenvalue weighted by Crippen LogP contribution is -2.17. The minimum atomic E-state index is 0.694. The quantitative estimate of drug-likeness (QED) is 0.867. The summed E-state index contributed by atoms with van der Waals surface area (Å²) < 4.78 is 5.36. The number of methoxy groups -OCH3 is 1. The van der Waals surface area contributed by atoms with Crippen molar-refractivity contribution in [3.05, 3.63) is 22.7 Å². The smallest absolute Gasteiger partial charge is 0.142 e. The molecule has 94 valence electrons. The van der Waals surface area contributed by atoms with Gasteiger partial charge in [0.15, 0.2) is 0 Å².